The van der Waals surface area contributed by atoms with Gasteiger partial charge in [0.25, 0.3) is 0 Å². The van der Waals surface area contributed by atoms with E-state index in [2.05, 4.69) is 97.3 Å². The Morgan fingerprint density at radius 3 is 2.24 bits per heavy atom. The van der Waals surface area contributed by atoms with Crippen molar-refractivity contribution in [3.05, 3.63) is 64.3 Å². The number of nitrogens with zero attached hydrogens (tertiary/aromatic N) is 1. The molecule has 1 aliphatic carbocycles. The fourth-order valence-corrected chi connectivity index (χ4v) is 5.80. The van der Waals surface area contributed by atoms with Crippen LogP contribution in [0.2, 0.25) is 0 Å². The van der Waals surface area contributed by atoms with Crippen molar-refractivity contribution in [3.63, 3.8) is 0 Å². The minimum absolute atomic E-state index is 0.101. The van der Waals surface area contributed by atoms with E-state index in [-0.39, 0.29) is 5.41 Å². The second-order valence-corrected chi connectivity index (χ2v) is 10.2. The van der Waals surface area contributed by atoms with Crippen LogP contribution in [0.15, 0.2) is 36.4 Å². The van der Waals surface area contributed by atoms with Gasteiger partial charge in [-0.2, -0.15) is 4.57 Å². The van der Waals surface area contributed by atoms with Gasteiger partial charge in [0.05, 0.1) is 12.3 Å². The number of aryl methyl sites for hydroxylation is 1. The summed E-state index contributed by atoms with van der Waals surface area (Å²) in [5, 5.41) is 2.39. The summed E-state index contributed by atoms with van der Waals surface area (Å²) < 4.78 is 11.3. The van der Waals surface area contributed by atoms with E-state index in [1.807, 2.05) is 0 Å². The third-order valence-electron chi connectivity index (χ3n) is 7.23. The maximum absolute atomic E-state index is 9.02. The van der Waals surface area contributed by atoms with Gasteiger partial charge in [-0.05, 0) is 52.3 Å². The van der Waals surface area contributed by atoms with E-state index in [1.165, 1.54) is 38.9 Å². The lowest BCUT2D eigenvalue weighted by molar-refractivity contribution is -0.665. The van der Waals surface area contributed by atoms with Gasteiger partial charge in [-0.3, -0.25) is 0 Å². The van der Waals surface area contributed by atoms with Gasteiger partial charge in [-0.15, -0.1) is 0 Å². The predicted octanol–water partition coefficient (Wildman–Crippen LogP) is 6.98. The van der Waals surface area contributed by atoms with Gasteiger partial charge in [0.1, 0.15) is 7.05 Å². The monoisotopic (exact) mass is 387 g/mol. The van der Waals surface area contributed by atoms with Crippen molar-refractivity contribution in [2.75, 3.05) is 0 Å². The molecule has 1 nitrogen and oxygen atoms in total. The Balaban J connectivity index is 2.24. The van der Waals surface area contributed by atoms with E-state index in [0.717, 1.165) is 11.1 Å². The quantitative estimate of drug-likeness (QED) is 0.427. The van der Waals surface area contributed by atoms with E-state index < -0.39 is 0 Å². The van der Waals surface area contributed by atoms with Crippen LogP contribution in [-0.4, -0.2) is 0 Å². The molecule has 1 aliphatic rings. The first kappa shape index (κ1) is 18.9. The highest BCUT2D eigenvalue weighted by atomic mass is 14.9. The van der Waals surface area contributed by atoms with Gasteiger partial charge >= 0.3 is 0 Å². The molecule has 0 amide bonds. The second-order valence-electron chi connectivity index (χ2n) is 10.2. The van der Waals surface area contributed by atoms with Gasteiger partial charge in [-0.1, -0.05) is 71.9 Å². The summed E-state index contributed by atoms with van der Waals surface area (Å²) in [6, 6.07) is 12.2. The number of pyridine rings is 1. The van der Waals surface area contributed by atoms with E-state index in [4.69, 9.17) is 1.37 Å². The summed E-state index contributed by atoms with van der Waals surface area (Å²) in [6.45, 7) is 18.3. The molecule has 0 atom stereocenters. The number of hydrogen-bond acceptors (Lipinski definition) is 0. The van der Waals surface area contributed by atoms with Crippen LogP contribution in [0.5, 0.6) is 0 Å². The Bertz CT molecular complexity index is 1160. The van der Waals surface area contributed by atoms with Crippen molar-refractivity contribution in [2.45, 2.75) is 66.7 Å². The number of hydrogen-bond donors (Lipinski definition) is 0. The van der Waals surface area contributed by atoms with E-state index in [0.29, 0.717) is 23.8 Å². The molecule has 2 aromatic carbocycles. The average molecular weight is 388 g/mol. The Labute approximate surface area is 178 Å². The second kappa shape index (κ2) is 6.69. The molecule has 0 saturated carbocycles. The highest BCUT2D eigenvalue weighted by molar-refractivity contribution is 6.01. The van der Waals surface area contributed by atoms with Crippen molar-refractivity contribution >= 4 is 10.8 Å². The Morgan fingerprint density at radius 1 is 0.966 bits per heavy atom. The van der Waals surface area contributed by atoms with Crippen molar-refractivity contribution in [3.8, 4) is 11.3 Å². The summed E-state index contributed by atoms with van der Waals surface area (Å²) in [7, 11) is 2.12. The molecular formula is C28H36N+. The van der Waals surface area contributed by atoms with Crippen LogP contribution >= 0.6 is 0 Å². The number of fused-ring (bicyclic) bond motifs is 2. The number of rotatable bonds is 3. The minimum atomic E-state index is -0.101. The lowest BCUT2D eigenvalue weighted by Gasteiger charge is -2.36. The summed E-state index contributed by atoms with van der Waals surface area (Å²) in [6.07, 6.45) is 0. The molecule has 3 aromatic rings. The highest BCUT2D eigenvalue weighted by Gasteiger charge is 2.39. The molecule has 0 unspecified atom stereocenters. The number of benzene rings is 2. The fourth-order valence-electron chi connectivity index (χ4n) is 5.80. The largest absolute Gasteiger partial charge is 0.221 e. The zero-order chi connectivity index (χ0) is 22.1. The lowest BCUT2D eigenvalue weighted by Crippen LogP contribution is -2.38. The molecule has 1 heteroatoms. The van der Waals surface area contributed by atoms with Crippen LogP contribution in [0.4, 0.5) is 0 Å². The molecule has 1 heterocycles. The first-order chi connectivity index (χ1) is 14.0. The van der Waals surface area contributed by atoms with Crippen LogP contribution in [0.1, 0.15) is 76.8 Å². The van der Waals surface area contributed by atoms with Crippen LogP contribution < -0.4 is 4.57 Å². The first-order valence-corrected chi connectivity index (χ1v) is 11.1. The Hall–Kier alpha value is -2.15. The van der Waals surface area contributed by atoms with E-state index >= 15 is 0 Å². The maximum atomic E-state index is 9.02. The molecule has 0 saturated heterocycles. The molecule has 0 fully saturated rings. The van der Waals surface area contributed by atoms with Crippen molar-refractivity contribution < 1.29 is 5.94 Å². The normalized spacial score (nSPS) is 15.4. The summed E-state index contributed by atoms with van der Waals surface area (Å²) >= 11 is 0. The van der Waals surface area contributed by atoms with E-state index in [1.54, 1.807) is 0 Å². The minimum Gasteiger partial charge on any atom is -0.198 e. The van der Waals surface area contributed by atoms with Gasteiger partial charge in [-0.25, -0.2) is 0 Å². The SMILES string of the molecule is [2H]c1c(C)[n+](C)c2c3c(cc(C(C(C)C)C(C)C)cc13)C(C)(C)c1cccc(C)c1-2. The maximum Gasteiger partial charge on any atom is 0.221 e. The van der Waals surface area contributed by atoms with Crippen LogP contribution in [-0.2, 0) is 12.5 Å². The Morgan fingerprint density at radius 2 is 1.62 bits per heavy atom. The number of aromatic nitrogens is 1. The average Bonchev–Trinajstić information content (AvgIpc) is 2.66. The summed E-state index contributed by atoms with van der Waals surface area (Å²) in [4.78, 5) is 0. The molecule has 29 heavy (non-hydrogen) atoms. The van der Waals surface area contributed by atoms with Gasteiger partial charge in [0.15, 0.2) is 5.69 Å². The van der Waals surface area contributed by atoms with Gasteiger partial charge in [0.2, 0.25) is 5.69 Å². The zero-order valence-electron chi connectivity index (χ0n) is 20.6. The summed E-state index contributed by atoms with van der Waals surface area (Å²) in [5.74, 6) is 1.60. The predicted molar refractivity (Wildman–Crippen MR) is 125 cm³/mol. The molecule has 4 rings (SSSR count). The molecular weight excluding hydrogens is 350 g/mol. The lowest BCUT2D eigenvalue weighted by atomic mass is 9.67. The zero-order valence-corrected chi connectivity index (χ0v) is 19.6. The third kappa shape index (κ3) is 2.85. The Kier molecular flexibility index (Phi) is 4.35. The molecule has 1 aromatic heterocycles. The van der Waals surface area contributed by atoms with Gasteiger partial charge in [0, 0.05) is 18.4 Å². The van der Waals surface area contributed by atoms with Crippen molar-refractivity contribution in [1.29, 1.82) is 0 Å². The highest BCUT2D eigenvalue weighted by Crippen LogP contribution is 2.50. The summed E-state index contributed by atoms with van der Waals surface area (Å²) in [5.41, 5.74) is 9.02. The van der Waals surface area contributed by atoms with Crippen molar-refractivity contribution in [2.24, 2.45) is 18.9 Å². The van der Waals surface area contributed by atoms with Crippen molar-refractivity contribution in [1.82, 2.24) is 0 Å². The fraction of sp³-hybridized carbons (Fsp3) is 0.464. The molecule has 0 radical (unpaired) electrons. The van der Waals surface area contributed by atoms with Crippen LogP contribution in [0.3, 0.4) is 0 Å². The standard InChI is InChI=1S/C28H36N/c1-16(2)24(17(3)4)21-14-20-13-19(6)29(9)27-25-18(5)11-10-12-22(25)28(7,8)23(15-21)26(20)27/h10-17,24H,1-9H3/q+1/i13D. The molecule has 0 aliphatic heterocycles. The first-order valence-electron chi connectivity index (χ1n) is 11.6. The molecule has 0 spiro atoms. The molecule has 0 N–H and O–H groups in total. The molecule has 0 bridgehead atoms. The third-order valence-corrected chi connectivity index (χ3v) is 7.23. The van der Waals surface area contributed by atoms with Crippen LogP contribution in [0, 0.1) is 25.7 Å². The molecule has 152 valence electrons. The van der Waals surface area contributed by atoms with E-state index in [9.17, 15) is 0 Å². The smallest absolute Gasteiger partial charge is 0.198 e. The van der Waals surface area contributed by atoms with Gasteiger partial charge < -0.3 is 0 Å². The topological polar surface area (TPSA) is 3.88 Å². The van der Waals surface area contributed by atoms with Crippen LogP contribution in [0.25, 0.3) is 22.0 Å².